The molecule has 1 unspecified atom stereocenters. The summed E-state index contributed by atoms with van der Waals surface area (Å²) in [4.78, 5) is 33.5. The van der Waals surface area contributed by atoms with Gasteiger partial charge in [0.05, 0.1) is 29.5 Å². The Labute approximate surface area is 239 Å². The molecule has 3 aromatic rings. The first kappa shape index (κ1) is 31.5. The molecule has 0 aliphatic carbocycles. The minimum absolute atomic E-state index is 0.0888. The van der Waals surface area contributed by atoms with Crippen molar-refractivity contribution in [3.63, 3.8) is 0 Å². The number of anilines is 1. The van der Waals surface area contributed by atoms with Gasteiger partial charge in [-0.3, -0.25) is 0 Å². The third-order valence-corrected chi connectivity index (χ3v) is 5.95. The summed E-state index contributed by atoms with van der Waals surface area (Å²) in [6, 6.07) is 0.852. The standard InChI is InChI=1S/C25H25F6N7O5/c1-12-9-38(11-33-12)15-7-16(39)17(19(43-21(41)25(29,30)31)18(15)42-20(40)24(26,27)28)14-8-32-22(36-35-14)37-6-5-13(10-37)34-23(2,3)4/h7-9,11,13,34,39H,5-6,10H2,1-4H3. The van der Waals surface area contributed by atoms with Crippen molar-refractivity contribution in [2.75, 3.05) is 18.0 Å². The molecule has 43 heavy (non-hydrogen) atoms. The maximum atomic E-state index is 13.2. The fourth-order valence-corrected chi connectivity index (χ4v) is 4.30. The van der Waals surface area contributed by atoms with E-state index in [2.05, 4.69) is 35.0 Å². The first-order chi connectivity index (χ1) is 19.8. The highest BCUT2D eigenvalue weighted by molar-refractivity contribution is 5.89. The molecule has 1 aromatic carbocycles. The summed E-state index contributed by atoms with van der Waals surface area (Å²) in [6.45, 7) is 8.49. The van der Waals surface area contributed by atoms with Gasteiger partial charge >= 0.3 is 24.3 Å². The number of aromatic hydroxyl groups is 1. The minimum Gasteiger partial charge on any atom is -0.507 e. The Balaban J connectivity index is 1.84. The fourth-order valence-electron chi connectivity index (χ4n) is 4.30. The molecule has 18 heteroatoms. The molecule has 2 aromatic heterocycles. The van der Waals surface area contributed by atoms with Crippen LogP contribution < -0.4 is 19.7 Å². The summed E-state index contributed by atoms with van der Waals surface area (Å²) in [5, 5.41) is 22.1. The van der Waals surface area contributed by atoms with E-state index in [1.165, 1.54) is 13.1 Å². The highest BCUT2D eigenvalue weighted by atomic mass is 19.4. The van der Waals surface area contributed by atoms with Crippen LogP contribution in [-0.2, 0) is 9.59 Å². The number of hydrogen-bond donors (Lipinski definition) is 2. The summed E-state index contributed by atoms with van der Waals surface area (Å²) in [5.41, 5.74) is -1.84. The van der Waals surface area contributed by atoms with Crippen LogP contribution in [-0.4, -0.2) is 78.8 Å². The van der Waals surface area contributed by atoms with E-state index in [1.807, 2.05) is 20.8 Å². The van der Waals surface area contributed by atoms with Crippen LogP contribution in [0.2, 0.25) is 0 Å². The van der Waals surface area contributed by atoms with E-state index in [-0.39, 0.29) is 23.2 Å². The number of benzene rings is 1. The number of carbonyl (C=O) groups excluding carboxylic acids is 2. The lowest BCUT2D eigenvalue weighted by molar-refractivity contribution is -0.191. The molecule has 0 saturated carbocycles. The topological polar surface area (TPSA) is 145 Å². The molecule has 1 aliphatic rings. The Bertz CT molecular complexity index is 1520. The van der Waals surface area contributed by atoms with Crippen molar-refractivity contribution in [1.29, 1.82) is 0 Å². The average Bonchev–Trinajstić information content (AvgIpc) is 3.52. The molecule has 0 bridgehead atoms. The Hall–Kier alpha value is -4.48. The predicted octanol–water partition coefficient (Wildman–Crippen LogP) is 3.64. The van der Waals surface area contributed by atoms with Gasteiger partial charge in [0.25, 0.3) is 0 Å². The predicted molar refractivity (Wildman–Crippen MR) is 136 cm³/mol. The van der Waals surface area contributed by atoms with E-state index in [0.717, 1.165) is 29.6 Å². The molecule has 1 saturated heterocycles. The Morgan fingerprint density at radius 2 is 1.63 bits per heavy atom. The lowest BCUT2D eigenvalue weighted by atomic mass is 10.1. The molecule has 0 amide bonds. The largest absolute Gasteiger partial charge is 0.507 e. The molecular formula is C25H25F6N7O5. The molecular weight excluding hydrogens is 592 g/mol. The lowest BCUT2D eigenvalue weighted by Gasteiger charge is -2.25. The number of esters is 2. The fraction of sp³-hybridized carbons (Fsp3) is 0.440. The molecule has 232 valence electrons. The number of rotatable bonds is 6. The number of halogens is 6. The van der Waals surface area contributed by atoms with Crippen LogP contribution >= 0.6 is 0 Å². The highest BCUT2D eigenvalue weighted by Gasteiger charge is 2.45. The quantitative estimate of drug-likeness (QED) is 0.238. The van der Waals surface area contributed by atoms with Crippen molar-refractivity contribution >= 4 is 17.9 Å². The molecule has 1 aliphatic heterocycles. The number of hydrogen-bond acceptors (Lipinski definition) is 11. The van der Waals surface area contributed by atoms with E-state index in [1.54, 1.807) is 4.90 Å². The number of phenols is 1. The number of ether oxygens (including phenoxy) is 2. The monoisotopic (exact) mass is 617 g/mol. The summed E-state index contributed by atoms with van der Waals surface area (Å²) in [5.74, 6) is -9.21. The van der Waals surface area contributed by atoms with Crippen molar-refractivity contribution in [1.82, 2.24) is 30.0 Å². The van der Waals surface area contributed by atoms with E-state index < -0.39 is 58.5 Å². The first-order valence-electron chi connectivity index (χ1n) is 12.5. The van der Waals surface area contributed by atoms with Crippen LogP contribution in [0.1, 0.15) is 32.9 Å². The Kier molecular flexibility index (Phi) is 8.27. The number of nitrogens with zero attached hydrogens (tertiary/aromatic N) is 6. The molecule has 0 spiro atoms. The molecule has 12 nitrogen and oxygen atoms in total. The van der Waals surface area contributed by atoms with E-state index in [4.69, 9.17) is 0 Å². The Morgan fingerprint density at radius 1 is 1.00 bits per heavy atom. The first-order valence-corrected chi connectivity index (χ1v) is 12.5. The van der Waals surface area contributed by atoms with Crippen molar-refractivity contribution < 1.29 is 50.5 Å². The maximum Gasteiger partial charge on any atom is 0.491 e. The molecule has 1 fully saturated rings. The van der Waals surface area contributed by atoms with Crippen molar-refractivity contribution in [2.45, 2.75) is 58.0 Å². The number of aromatic nitrogens is 5. The summed E-state index contributed by atoms with van der Waals surface area (Å²) >= 11 is 0. The summed E-state index contributed by atoms with van der Waals surface area (Å²) in [6.07, 6.45) is -7.33. The van der Waals surface area contributed by atoms with Crippen LogP contribution in [0.25, 0.3) is 16.9 Å². The van der Waals surface area contributed by atoms with Gasteiger partial charge < -0.3 is 29.4 Å². The van der Waals surface area contributed by atoms with Gasteiger partial charge in [-0.25, -0.2) is 19.6 Å². The zero-order valence-corrected chi connectivity index (χ0v) is 23.0. The normalized spacial score (nSPS) is 16.0. The third kappa shape index (κ3) is 7.30. The zero-order valence-electron chi connectivity index (χ0n) is 23.0. The molecule has 3 heterocycles. The summed E-state index contributed by atoms with van der Waals surface area (Å²) < 4.78 is 89.1. The Morgan fingerprint density at radius 3 is 2.14 bits per heavy atom. The van der Waals surface area contributed by atoms with E-state index in [9.17, 15) is 41.0 Å². The molecule has 0 radical (unpaired) electrons. The number of carbonyl (C=O) groups is 2. The van der Waals surface area contributed by atoms with E-state index >= 15 is 0 Å². The number of imidazole rings is 1. The van der Waals surface area contributed by atoms with Gasteiger partial charge in [-0.2, -0.15) is 26.3 Å². The van der Waals surface area contributed by atoms with Crippen LogP contribution in [0, 0.1) is 6.92 Å². The number of aryl methyl sites for hydroxylation is 1. The number of phenolic OH excluding ortho intramolecular Hbond substituents is 1. The van der Waals surface area contributed by atoms with Crippen molar-refractivity contribution in [2.24, 2.45) is 0 Å². The maximum absolute atomic E-state index is 13.2. The molecule has 1 atom stereocenters. The molecule has 2 N–H and O–H groups in total. The van der Waals surface area contributed by atoms with Gasteiger partial charge in [0.1, 0.15) is 11.4 Å². The summed E-state index contributed by atoms with van der Waals surface area (Å²) in [7, 11) is 0. The zero-order chi connectivity index (χ0) is 31.9. The van der Waals surface area contributed by atoms with Gasteiger partial charge in [0, 0.05) is 36.9 Å². The van der Waals surface area contributed by atoms with Gasteiger partial charge in [-0.1, -0.05) is 0 Å². The highest BCUT2D eigenvalue weighted by Crippen LogP contribution is 2.48. The van der Waals surface area contributed by atoms with Gasteiger partial charge in [-0.15, -0.1) is 10.2 Å². The van der Waals surface area contributed by atoms with Crippen LogP contribution in [0.4, 0.5) is 32.3 Å². The van der Waals surface area contributed by atoms with Gasteiger partial charge in [0.15, 0.2) is 11.5 Å². The number of nitrogens with one attached hydrogen (secondary N) is 1. The SMILES string of the molecule is Cc1cn(-c2cc(O)c(-c3cnc(N4CCC(NC(C)(C)C)C4)nn3)c(OC(=O)C(F)(F)F)c2OC(=O)C(F)(F)F)cn1. The second-order valence-corrected chi connectivity index (χ2v) is 10.6. The third-order valence-electron chi connectivity index (χ3n) is 5.95. The minimum atomic E-state index is -5.64. The number of alkyl halides is 6. The van der Waals surface area contributed by atoms with Crippen molar-refractivity contribution in [3.05, 3.63) is 30.5 Å². The van der Waals surface area contributed by atoms with Crippen LogP contribution in [0.15, 0.2) is 24.8 Å². The van der Waals surface area contributed by atoms with Crippen LogP contribution in [0.3, 0.4) is 0 Å². The van der Waals surface area contributed by atoms with E-state index in [0.29, 0.717) is 13.1 Å². The van der Waals surface area contributed by atoms with Gasteiger partial charge in [-0.05, 0) is 34.1 Å². The van der Waals surface area contributed by atoms with Gasteiger partial charge in [0.2, 0.25) is 5.95 Å². The second-order valence-electron chi connectivity index (χ2n) is 10.6. The smallest absolute Gasteiger partial charge is 0.491 e. The van der Waals surface area contributed by atoms with Crippen molar-refractivity contribution in [3.8, 4) is 34.2 Å². The lowest BCUT2D eigenvalue weighted by Crippen LogP contribution is -2.45. The average molecular weight is 618 g/mol. The van der Waals surface area contributed by atoms with Crippen LogP contribution in [0.5, 0.6) is 17.2 Å². The second kappa shape index (κ2) is 11.3. The molecule has 4 rings (SSSR count).